The van der Waals surface area contributed by atoms with Crippen molar-refractivity contribution in [3.8, 4) is 5.75 Å². The molecule has 0 aliphatic rings. The van der Waals surface area contributed by atoms with Gasteiger partial charge in [-0.15, -0.1) is 11.3 Å². The van der Waals surface area contributed by atoms with Gasteiger partial charge in [0.25, 0.3) is 5.24 Å². The van der Waals surface area contributed by atoms with Crippen LogP contribution in [0.5, 0.6) is 5.75 Å². The minimum atomic E-state index is -0.469. The van der Waals surface area contributed by atoms with E-state index >= 15 is 0 Å². The number of hydrogen-bond donors (Lipinski definition) is 0. The highest BCUT2D eigenvalue weighted by Crippen LogP contribution is 2.38. The number of fused-ring (bicyclic) bond motifs is 3. The maximum absolute atomic E-state index is 11.2. The normalized spacial score (nSPS) is 11.3. The lowest BCUT2D eigenvalue weighted by atomic mass is 10.2. The van der Waals surface area contributed by atoms with Gasteiger partial charge in [0, 0.05) is 23.1 Å². The van der Waals surface area contributed by atoms with E-state index in [4.69, 9.17) is 20.8 Å². The molecule has 2 heterocycles. The number of rotatable bonds is 2. The molecule has 0 aliphatic carbocycles. The third kappa shape index (κ3) is 1.59. The van der Waals surface area contributed by atoms with Crippen molar-refractivity contribution in [3.05, 3.63) is 22.9 Å². The van der Waals surface area contributed by atoms with Crippen molar-refractivity contribution in [1.82, 2.24) is 4.98 Å². The van der Waals surface area contributed by atoms with Gasteiger partial charge in [-0.05, 0) is 17.7 Å². The minimum absolute atomic E-state index is 0.469. The highest BCUT2D eigenvalue weighted by Gasteiger charge is 2.17. The summed E-state index contributed by atoms with van der Waals surface area (Å²) >= 11 is 6.82. The van der Waals surface area contributed by atoms with Crippen LogP contribution in [0.1, 0.15) is 15.6 Å². The Morgan fingerprint density at radius 3 is 2.94 bits per heavy atom. The molecule has 3 aromatic rings. The predicted octanol–water partition coefficient (Wildman–Crippen LogP) is 3.74. The Bertz CT molecular complexity index is 774. The fourth-order valence-corrected chi connectivity index (χ4v) is 3.00. The number of methoxy groups -OCH3 is 1. The van der Waals surface area contributed by atoms with Crippen LogP contribution in [-0.2, 0) is 0 Å². The van der Waals surface area contributed by atoms with E-state index in [2.05, 4.69) is 4.98 Å². The van der Waals surface area contributed by atoms with Crippen LogP contribution in [0.3, 0.4) is 0 Å². The Labute approximate surface area is 111 Å². The van der Waals surface area contributed by atoms with E-state index in [-0.39, 0.29) is 0 Å². The zero-order valence-electron chi connectivity index (χ0n) is 9.61. The number of benzene rings is 1. The molecule has 92 valence electrons. The molecule has 0 saturated carbocycles. The summed E-state index contributed by atoms with van der Waals surface area (Å²) in [4.78, 5) is 16.0. The lowest BCUT2D eigenvalue weighted by Crippen LogP contribution is -1.83. The van der Waals surface area contributed by atoms with Crippen molar-refractivity contribution < 1.29 is 13.9 Å². The minimum Gasteiger partial charge on any atom is -0.493 e. The van der Waals surface area contributed by atoms with E-state index in [1.807, 2.05) is 6.07 Å². The van der Waals surface area contributed by atoms with Gasteiger partial charge in [-0.25, -0.2) is 4.98 Å². The second-order valence-electron chi connectivity index (χ2n) is 3.79. The molecule has 18 heavy (non-hydrogen) atoms. The van der Waals surface area contributed by atoms with Crippen LogP contribution in [0.4, 0.5) is 0 Å². The fraction of sp³-hybridized carbons (Fsp3) is 0.167. The van der Waals surface area contributed by atoms with Gasteiger partial charge < -0.3 is 9.15 Å². The Kier molecular flexibility index (Phi) is 2.53. The predicted molar refractivity (Wildman–Crippen MR) is 70.9 cm³/mol. The Hall–Kier alpha value is -1.59. The van der Waals surface area contributed by atoms with Crippen LogP contribution in [0.15, 0.2) is 16.5 Å². The average Bonchev–Trinajstić information content (AvgIpc) is 2.89. The van der Waals surface area contributed by atoms with Crippen molar-refractivity contribution in [1.29, 1.82) is 0 Å². The fourth-order valence-electron chi connectivity index (χ4n) is 1.91. The second kappa shape index (κ2) is 3.96. The second-order valence-corrected chi connectivity index (χ2v) is 5.21. The van der Waals surface area contributed by atoms with Gasteiger partial charge in [0.05, 0.1) is 12.0 Å². The first-order chi connectivity index (χ1) is 8.60. The summed E-state index contributed by atoms with van der Waals surface area (Å²) in [5.41, 5.74) is 1.29. The average molecular weight is 282 g/mol. The molecular weight excluding hydrogens is 274 g/mol. The van der Waals surface area contributed by atoms with E-state index in [0.717, 1.165) is 10.1 Å². The summed E-state index contributed by atoms with van der Waals surface area (Å²) < 4.78 is 11.7. The number of hydrogen-bond acceptors (Lipinski definition) is 5. The van der Waals surface area contributed by atoms with Crippen LogP contribution in [0.2, 0.25) is 0 Å². The molecule has 0 atom stereocenters. The zero-order chi connectivity index (χ0) is 12.9. The smallest absolute Gasteiger partial charge is 0.262 e. The van der Waals surface area contributed by atoms with E-state index in [1.54, 1.807) is 20.1 Å². The molecule has 1 aromatic carbocycles. The van der Waals surface area contributed by atoms with Crippen LogP contribution < -0.4 is 4.74 Å². The molecule has 2 aromatic heterocycles. The Morgan fingerprint density at radius 2 is 2.28 bits per heavy atom. The molecule has 6 heteroatoms. The molecule has 0 N–H and O–H groups in total. The molecule has 0 amide bonds. The topological polar surface area (TPSA) is 52.3 Å². The monoisotopic (exact) mass is 281 g/mol. The van der Waals surface area contributed by atoms with E-state index in [9.17, 15) is 4.79 Å². The van der Waals surface area contributed by atoms with Crippen LogP contribution in [0, 0.1) is 6.92 Å². The third-order valence-electron chi connectivity index (χ3n) is 2.65. The maximum Gasteiger partial charge on any atom is 0.262 e. The van der Waals surface area contributed by atoms with Gasteiger partial charge in [-0.3, -0.25) is 4.79 Å². The van der Waals surface area contributed by atoms with E-state index in [0.29, 0.717) is 27.6 Å². The summed E-state index contributed by atoms with van der Waals surface area (Å²) in [6.45, 7) is 1.77. The highest BCUT2D eigenvalue weighted by molar-refractivity contribution is 7.22. The van der Waals surface area contributed by atoms with Crippen LogP contribution in [-0.4, -0.2) is 17.3 Å². The van der Waals surface area contributed by atoms with Gasteiger partial charge in [0.1, 0.15) is 5.52 Å². The van der Waals surface area contributed by atoms with Crippen molar-refractivity contribution in [2.45, 2.75) is 6.92 Å². The Morgan fingerprint density at radius 1 is 1.50 bits per heavy atom. The number of aromatic nitrogens is 1. The molecule has 0 aliphatic heterocycles. The van der Waals surface area contributed by atoms with Crippen molar-refractivity contribution in [3.63, 3.8) is 0 Å². The maximum atomic E-state index is 11.2. The van der Waals surface area contributed by atoms with E-state index in [1.165, 1.54) is 11.3 Å². The van der Waals surface area contributed by atoms with Gasteiger partial charge in [-0.2, -0.15) is 0 Å². The molecule has 0 unspecified atom stereocenters. The molecule has 3 rings (SSSR count). The van der Waals surface area contributed by atoms with E-state index < -0.39 is 5.24 Å². The van der Waals surface area contributed by atoms with Gasteiger partial charge in [-0.1, -0.05) is 0 Å². The van der Waals surface area contributed by atoms with Crippen molar-refractivity contribution in [2.75, 3.05) is 7.11 Å². The summed E-state index contributed by atoms with van der Waals surface area (Å²) in [6, 6.07) is 3.56. The molecule has 0 bridgehead atoms. The number of thiophene rings is 1. The summed E-state index contributed by atoms with van der Waals surface area (Å²) in [5.74, 6) is 1.16. The first-order valence-corrected chi connectivity index (χ1v) is 6.37. The lowest BCUT2D eigenvalue weighted by Gasteiger charge is -1.99. The van der Waals surface area contributed by atoms with Crippen molar-refractivity contribution in [2.24, 2.45) is 0 Å². The third-order valence-corrected chi connectivity index (χ3v) is 4.05. The highest BCUT2D eigenvalue weighted by atomic mass is 35.5. The number of nitrogens with zero attached hydrogens (tertiary/aromatic N) is 1. The number of carbonyl (C=O) groups is 1. The van der Waals surface area contributed by atoms with Gasteiger partial charge >= 0.3 is 0 Å². The lowest BCUT2D eigenvalue weighted by molar-refractivity contribution is 0.108. The number of oxazole rings is 1. The summed E-state index contributed by atoms with van der Waals surface area (Å²) in [6.07, 6.45) is 0. The SMILES string of the molecule is COc1cc2sc(C(=O)Cl)cc2c2nc(C)oc12. The summed E-state index contributed by atoms with van der Waals surface area (Å²) in [5, 5.41) is 0.389. The van der Waals surface area contributed by atoms with Crippen LogP contribution >= 0.6 is 22.9 Å². The number of halogens is 1. The molecule has 0 spiro atoms. The van der Waals surface area contributed by atoms with Crippen molar-refractivity contribution >= 4 is 49.4 Å². The number of carbonyl (C=O) groups excluding carboxylic acids is 1. The Balaban J connectivity index is 2.46. The van der Waals surface area contributed by atoms with Gasteiger partial charge in [0.2, 0.25) is 0 Å². The number of aryl methyl sites for hydroxylation is 1. The molecule has 0 saturated heterocycles. The van der Waals surface area contributed by atoms with Crippen LogP contribution in [0.25, 0.3) is 21.2 Å². The standard InChI is InChI=1S/C12H8ClNO3S/c1-5-14-10-6-3-9(12(13)15)18-8(6)4-7(16-2)11(10)17-5/h3-4H,1-2H3. The summed E-state index contributed by atoms with van der Waals surface area (Å²) in [7, 11) is 1.57. The molecule has 4 nitrogen and oxygen atoms in total. The first-order valence-electron chi connectivity index (χ1n) is 5.17. The number of ether oxygens (including phenoxy) is 1. The zero-order valence-corrected chi connectivity index (χ0v) is 11.2. The molecule has 0 fully saturated rings. The van der Waals surface area contributed by atoms with Gasteiger partial charge in [0.15, 0.2) is 17.2 Å². The largest absolute Gasteiger partial charge is 0.493 e. The molecular formula is C12H8ClNO3S. The first kappa shape index (κ1) is 11.5. The quantitative estimate of drug-likeness (QED) is 0.672. The molecule has 0 radical (unpaired) electrons.